The molecule has 1 unspecified atom stereocenters. The maximum absolute atomic E-state index is 13.1. The van der Waals surface area contributed by atoms with E-state index in [0.29, 0.717) is 31.1 Å². The van der Waals surface area contributed by atoms with Crippen LogP contribution in [0.4, 0.5) is 5.69 Å². The Morgan fingerprint density at radius 3 is 2.55 bits per heavy atom. The van der Waals surface area contributed by atoms with Crippen LogP contribution in [0, 0.1) is 5.92 Å². The van der Waals surface area contributed by atoms with E-state index in [1.807, 2.05) is 49.4 Å². The highest BCUT2D eigenvalue weighted by Gasteiger charge is 2.37. The van der Waals surface area contributed by atoms with Crippen LogP contribution in [0.1, 0.15) is 18.9 Å². The Labute approximate surface area is 179 Å². The van der Waals surface area contributed by atoms with Crippen LogP contribution in [0.5, 0.6) is 11.5 Å². The molecule has 0 aromatic heterocycles. The first-order valence-corrected chi connectivity index (χ1v) is 10.3. The first-order valence-electron chi connectivity index (χ1n) is 9.53. The maximum Gasteiger partial charge on any atom is 0.228 e. The molecule has 0 saturated carbocycles. The van der Waals surface area contributed by atoms with Gasteiger partial charge in [0.25, 0.3) is 0 Å². The predicted molar refractivity (Wildman–Crippen MR) is 115 cm³/mol. The monoisotopic (exact) mass is 460 g/mol. The standard InChI is InChI=1S/C22H25BrN2O4/c1-4-24(13-15-9-10-19(28-2)20(11-15)29-3)22(27)16-12-21(26)25(14-16)18-8-6-5-7-17(18)23/h5-11,16H,4,12-14H2,1-3H3. The van der Waals surface area contributed by atoms with E-state index in [2.05, 4.69) is 15.9 Å². The van der Waals surface area contributed by atoms with E-state index in [-0.39, 0.29) is 24.2 Å². The minimum atomic E-state index is -0.352. The third-order valence-corrected chi connectivity index (χ3v) is 5.80. The molecule has 1 aliphatic heterocycles. The quantitative estimate of drug-likeness (QED) is 0.629. The molecule has 6 nitrogen and oxygen atoms in total. The smallest absolute Gasteiger partial charge is 0.228 e. The molecule has 3 rings (SSSR count). The molecule has 2 aromatic carbocycles. The van der Waals surface area contributed by atoms with E-state index in [1.54, 1.807) is 24.0 Å². The fraction of sp³-hybridized carbons (Fsp3) is 0.364. The molecule has 1 aliphatic rings. The highest BCUT2D eigenvalue weighted by molar-refractivity contribution is 9.10. The van der Waals surface area contributed by atoms with E-state index in [9.17, 15) is 9.59 Å². The summed E-state index contributed by atoms with van der Waals surface area (Å²) in [6, 6.07) is 13.2. The number of halogens is 1. The summed E-state index contributed by atoms with van der Waals surface area (Å²) in [6.07, 6.45) is 0.225. The van der Waals surface area contributed by atoms with E-state index in [0.717, 1.165) is 15.7 Å². The lowest BCUT2D eigenvalue weighted by atomic mass is 10.1. The van der Waals surface area contributed by atoms with Gasteiger partial charge >= 0.3 is 0 Å². The highest BCUT2D eigenvalue weighted by atomic mass is 79.9. The topological polar surface area (TPSA) is 59.1 Å². The Bertz CT molecular complexity index is 902. The van der Waals surface area contributed by atoms with Gasteiger partial charge in [-0.3, -0.25) is 9.59 Å². The van der Waals surface area contributed by atoms with Gasteiger partial charge in [0.05, 0.1) is 25.8 Å². The van der Waals surface area contributed by atoms with Gasteiger partial charge in [-0.15, -0.1) is 0 Å². The van der Waals surface area contributed by atoms with Crippen LogP contribution in [-0.4, -0.2) is 44.0 Å². The van der Waals surface area contributed by atoms with Gasteiger partial charge in [0.15, 0.2) is 11.5 Å². The van der Waals surface area contributed by atoms with Gasteiger partial charge in [0.1, 0.15) is 0 Å². The maximum atomic E-state index is 13.1. The molecule has 0 N–H and O–H groups in total. The van der Waals surface area contributed by atoms with Crippen molar-refractivity contribution in [2.45, 2.75) is 19.9 Å². The van der Waals surface area contributed by atoms with Gasteiger partial charge in [-0.25, -0.2) is 0 Å². The molecular formula is C22H25BrN2O4. The van der Waals surface area contributed by atoms with Crippen molar-refractivity contribution in [2.24, 2.45) is 5.92 Å². The van der Waals surface area contributed by atoms with Crippen LogP contribution in [0.2, 0.25) is 0 Å². The lowest BCUT2D eigenvalue weighted by molar-refractivity contribution is -0.136. The molecular weight excluding hydrogens is 436 g/mol. The van der Waals surface area contributed by atoms with Crippen molar-refractivity contribution in [3.63, 3.8) is 0 Å². The zero-order valence-corrected chi connectivity index (χ0v) is 18.4. The fourth-order valence-electron chi connectivity index (χ4n) is 3.58. The third-order valence-electron chi connectivity index (χ3n) is 5.13. The van der Waals surface area contributed by atoms with E-state index >= 15 is 0 Å². The molecule has 1 atom stereocenters. The fourth-order valence-corrected chi connectivity index (χ4v) is 4.08. The number of anilines is 1. The summed E-state index contributed by atoms with van der Waals surface area (Å²) >= 11 is 3.49. The third kappa shape index (κ3) is 4.56. The van der Waals surface area contributed by atoms with Crippen LogP contribution in [0.15, 0.2) is 46.9 Å². The molecule has 7 heteroatoms. The van der Waals surface area contributed by atoms with Crippen molar-refractivity contribution in [3.05, 3.63) is 52.5 Å². The number of nitrogens with zero attached hydrogens (tertiary/aromatic N) is 2. The molecule has 1 saturated heterocycles. The lowest BCUT2D eigenvalue weighted by Crippen LogP contribution is -2.37. The minimum absolute atomic E-state index is 0.00908. The normalized spacial score (nSPS) is 16.1. The average molecular weight is 461 g/mol. The Balaban J connectivity index is 1.73. The van der Waals surface area contributed by atoms with Gasteiger partial charge in [0, 0.05) is 30.5 Å². The highest BCUT2D eigenvalue weighted by Crippen LogP contribution is 2.32. The summed E-state index contributed by atoms with van der Waals surface area (Å²) in [5.41, 5.74) is 1.75. The number of rotatable bonds is 7. The molecule has 154 valence electrons. The number of carbonyl (C=O) groups is 2. The van der Waals surface area contributed by atoms with E-state index < -0.39 is 0 Å². The Hall–Kier alpha value is -2.54. The lowest BCUT2D eigenvalue weighted by Gasteiger charge is -2.25. The van der Waals surface area contributed by atoms with Gasteiger partial charge in [-0.2, -0.15) is 0 Å². The minimum Gasteiger partial charge on any atom is -0.493 e. The molecule has 2 aromatic rings. The van der Waals surface area contributed by atoms with Crippen molar-refractivity contribution >= 4 is 33.4 Å². The second kappa shape index (κ2) is 9.31. The number of para-hydroxylation sites is 1. The van der Waals surface area contributed by atoms with Crippen LogP contribution in [-0.2, 0) is 16.1 Å². The van der Waals surface area contributed by atoms with Crippen molar-refractivity contribution in [3.8, 4) is 11.5 Å². The summed E-state index contributed by atoms with van der Waals surface area (Å²) < 4.78 is 11.5. The van der Waals surface area contributed by atoms with Crippen molar-refractivity contribution in [1.82, 2.24) is 4.90 Å². The van der Waals surface area contributed by atoms with Crippen LogP contribution < -0.4 is 14.4 Å². The van der Waals surface area contributed by atoms with E-state index in [1.165, 1.54) is 0 Å². The van der Waals surface area contributed by atoms with Crippen LogP contribution >= 0.6 is 15.9 Å². The van der Waals surface area contributed by atoms with Gasteiger partial charge in [-0.1, -0.05) is 18.2 Å². The number of methoxy groups -OCH3 is 2. The van der Waals surface area contributed by atoms with Crippen molar-refractivity contribution in [1.29, 1.82) is 0 Å². The predicted octanol–water partition coefficient (Wildman–Crippen LogP) is 3.87. The van der Waals surface area contributed by atoms with Crippen LogP contribution in [0.3, 0.4) is 0 Å². The summed E-state index contributed by atoms with van der Waals surface area (Å²) in [7, 11) is 3.18. The molecule has 2 amide bonds. The zero-order chi connectivity index (χ0) is 21.0. The number of carbonyl (C=O) groups excluding carboxylic acids is 2. The summed E-state index contributed by atoms with van der Waals surface area (Å²) in [5, 5.41) is 0. The van der Waals surface area contributed by atoms with Crippen molar-refractivity contribution in [2.75, 3.05) is 32.2 Å². The first-order chi connectivity index (χ1) is 14.0. The molecule has 0 aliphatic carbocycles. The number of amides is 2. The molecule has 29 heavy (non-hydrogen) atoms. The summed E-state index contributed by atoms with van der Waals surface area (Å²) in [5.74, 6) is 0.887. The zero-order valence-electron chi connectivity index (χ0n) is 16.9. The number of hydrogen-bond donors (Lipinski definition) is 0. The largest absolute Gasteiger partial charge is 0.493 e. The summed E-state index contributed by atoms with van der Waals surface area (Å²) in [6.45, 7) is 3.35. The average Bonchev–Trinajstić information content (AvgIpc) is 3.13. The van der Waals surface area contributed by atoms with Gasteiger partial charge in [0.2, 0.25) is 11.8 Å². The Kier molecular flexibility index (Phi) is 6.79. The Morgan fingerprint density at radius 2 is 1.90 bits per heavy atom. The summed E-state index contributed by atoms with van der Waals surface area (Å²) in [4.78, 5) is 29.2. The second-order valence-electron chi connectivity index (χ2n) is 6.90. The SMILES string of the molecule is CCN(Cc1ccc(OC)c(OC)c1)C(=O)C1CC(=O)N(c2ccccc2Br)C1. The van der Waals surface area contributed by atoms with Crippen molar-refractivity contribution < 1.29 is 19.1 Å². The second-order valence-corrected chi connectivity index (χ2v) is 7.75. The Morgan fingerprint density at radius 1 is 1.17 bits per heavy atom. The first kappa shape index (κ1) is 21.2. The molecule has 1 fully saturated rings. The van der Waals surface area contributed by atoms with Crippen LogP contribution in [0.25, 0.3) is 0 Å². The molecule has 0 bridgehead atoms. The van der Waals surface area contributed by atoms with Gasteiger partial charge in [-0.05, 0) is 52.7 Å². The number of benzene rings is 2. The molecule has 1 heterocycles. The molecule has 0 radical (unpaired) electrons. The number of hydrogen-bond acceptors (Lipinski definition) is 4. The molecule has 0 spiro atoms. The van der Waals surface area contributed by atoms with E-state index in [4.69, 9.17) is 9.47 Å². The van der Waals surface area contributed by atoms with Gasteiger partial charge < -0.3 is 19.3 Å². The number of ether oxygens (including phenoxy) is 2.